The maximum absolute atomic E-state index is 10.3. The van der Waals surface area contributed by atoms with Crippen LogP contribution in [0.5, 0.6) is 5.75 Å². The average Bonchev–Trinajstić information content (AvgIpc) is 2.08. The molecule has 0 saturated carbocycles. The van der Waals surface area contributed by atoms with Gasteiger partial charge in [-0.25, -0.2) is 0 Å². The third-order valence-corrected chi connectivity index (χ3v) is 1.65. The maximum atomic E-state index is 10.3. The zero-order valence-corrected chi connectivity index (χ0v) is 6.84. The molecule has 0 amide bonds. The van der Waals surface area contributed by atoms with Crippen LogP contribution < -0.4 is 5.73 Å². The summed E-state index contributed by atoms with van der Waals surface area (Å²) in [4.78, 5) is 10.3. The van der Waals surface area contributed by atoms with Gasteiger partial charge in [0.2, 0.25) is 0 Å². The highest BCUT2D eigenvalue weighted by atomic mass is 16.4. The van der Waals surface area contributed by atoms with Crippen molar-refractivity contribution in [3.63, 3.8) is 0 Å². The first-order chi connectivity index (χ1) is 6.09. The predicted molar refractivity (Wildman–Crippen MR) is 45.4 cm³/mol. The molecule has 0 unspecified atom stereocenters. The molecular weight excluding hydrogens is 171 g/mol. The van der Waals surface area contributed by atoms with Gasteiger partial charge in [0, 0.05) is 6.42 Å². The summed E-state index contributed by atoms with van der Waals surface area (Å²) in [6, 6.07) is 4.65. The van der Waals surface area contributed by atoms with Crippen molar-refractivity contribution in [1.29, 1.82) is 0 Å². The summed E-state index contributed by atoms with van der Waals surface area (Å²) in [5, 5.41) is 17.3. The first-order valence-corrected chi connectivity index (χ1v) is 3.78. The first kappa shape index (κ1) is 9.54. The van der Waals surface area contributed by atoms with Gasteiger partial charge in [-0.05, 0) is 17.7 Å². The van der Waals surface area contributed by atoms with E-state index in [0.29, 0.717) is 5.56 Å². The van der Waals surface area contributed by atoms with E-state index >= 15 is 0 Å². The van der Waals surface area contributed by atoms with Crippen LogP contribution in [0.15, 0.2) is 24.3 Å². The highest BCUT2D eigenvalue weighted by molar-refractivity contribution is 5.73. The number of hydrogen-bond donors (Lipinski definition) is 2. The Balaban J connectivity index is 2.64. The number of phenolic OH excluding ortho intramolecular Hbond substituents is 1. The molecule has 1 rings (SSSR count). The summed E-state index contributed by atoms with van der Waals surface area (Å²) < 4.78 is 0. The lowest BCUT2D eigenvalue weighted by atomic mass is 10.1. The maximum Gasteiger partial charge on any atom is 0.324 e. The quantitative estimate of drug-likeness (QED) is 0.663. The van der Waals surface area contributed by atoms with E-state index in [1.165, 1.54) is 12.1 Å². The highest BCUT2D eigenvalue weighted by Gasteiger charge is 2.13. The van der Waals surface area contributed by atoms with E-state index in [2.05, 4.69) is 0 Å². The average molecular weight is 180 g/mol. The number of phenols is 1. The fourth-order valence-corrected chi connectivity index (χ4v) is 0.943. The number of nitrogens with zero attached hydrogens (tertiary/aromatic N) is 1. The summed E-state index contributed by atoms with van der Waals surface area (Å²) in [6.07, 6.45) is 0.0512. The zero-order chi connectivity index (χ0) is 9.84. The lowest BCUT2D eigenvalue weighted by Gasteiger charge is -2.03. The molecule has 0 aromatic heterocycles. The Labute approximate surface area is 75.6 Å². The van der Waals surface area contributed by atoms with Gasteiger partial charge in [0.25, 0.3) is 0 Å². The third kappa shape index (κ3) is 2.76. The zero-order valence-electron chi connectivity index (χ0n) is 6.84. The molecule has 13 heavy (non-hydrogen) atoms. The number of carboxylic acid groups (broad SMARTS) is 1. The molecule has 4 heteroatoms. The van der Waals surface area contributed by atoms with Gasteiger partial charge in [-0.15, -0.1) is 5.73 Å². The molecule has 0 heterocycles. The largest absolute Gasteiger partial charge is 0.508 e. The van der Waals surface area contributed by atoms with Crippen molar-refractivity contribution in [3.05, 3.63) is 29.8 Å². The van der Waals surface area contributed by atoms with Crippen molar-refractivity contribution in [2.45, 2.75) is 12.5 Å². The van der Waals surface area contributed by atoms with Crippen LogP contribution >= 0.6 is 0 Å². The van der Waals surface area contributed by atoms with Crippen LogP contribution in [-0.4, -0.2) is 22.2 Å². The number of aliphatic carboxylic acids is 1. The Morgan fingerprint density at radius 3 is 2.38 bits per heavy atom. The Bertz CT molecular complexity index is 294. The van der Waals surface area contributed by atoms with Crippen molar-refractivity contribution >= 4 is 5.97 Å². The van der Waals surface area contributed by atoms with Crippen molar-refractivity contribution in [2.24, 2.45) is 0 Å². The van der Waals surface area contributed by atoms with Gasteiger partial charge in [-0.3, -0.25) is 4.79 Å². The number of carboxylic acids is 1. The molecule has 1 aromatic carbocycles. The van der Waals surface area contributed by atoms with E-state index in [0.717, 1.165) is 0 Å². The molecule has 0 aliphatic rings. The number of carbonyl (C=O) groups is 1. The lowest BCUT2D eigenvalue weighted by Crippen LogP contribution is -2.23. The van der Waals surface area contributed by atoms with Crippen molar-refractivity contribution < 1.29 is 15.0 Å². The standard InChI is InChI=1S/C9H9NO3/c10-8(9(12)13)5-6-1-3-7(11)4-2-6/h1-4,8,11H,5H2,(H,12,13)/t8-/m0/s1/i10+1. The SMILES string of the molecule is [15N][C@@H](Cc1ccc(O)cc1)C(=O)O. The summed E-state index contributed by atoms with van der Waals surface area (Å²) in [7, 11) is 0. The highest BCUT2D eigenvalue weighted by Crippen LogP contribution is 2.10. The molecule has 2 radical (unpaired) electrons. The van der Waals surface area contributed by atoms with Crippen molar-refractivity contribution in [2.75, 3.05) is 0 Å². The molecule has 0 aliphatic carbocycles. The molecule has 0 fully saturated rings. The molecular formula is C9H9NO3. The minimum Gasteiger partial charge on any atom is -0.508 e. The van der Waals surface area contributed by atoms with E-state index < -0.39 is 12.0 Å². The Kier molecular flexibility index (Phi) is 2.87. The van der Waals surface area contributed by atoms with Gasteiger partial charge in [0.15, 0.2) is 0 Å². The predicted octanol–water partition coefficient (Wildman–Crippen LogP) is 0.457. The van der Waals surface area contributed by atoms with E-state index in [1.54, 1.807) is 12.1 Å². The minimum absolute atomic E-state index is 0.0512. The fraction of sp³-hybridized carbons (Fsp3) is 0.222. The lowest BCUT2D eigenvalue weighted by molar-refractivity contribution is -0.138. The summed E-state index contributed by atoms with van der Waals surface area (Å²) in [5.74, 6) is -1.12. The smallest absolute Gasteiger partial charge is 0.324 e. The second kappa shape index (κ2) is 3.91. The third-order valence-electron chi connectivity index (χ3n) is 1.65. The fourth-order valence-electron chi connectivity index (χ4n) is 0.943. The molecule has 0 bridgehead atoms. The monoisotopic (exact) mass is 180 g/mol. The Morgan fingerprint density at radius 1 is 1.38 bits per heavy atom. The molecule has 68 valence electrons. The molecule has 2 N–H and O–H groups in total. The first-order valence-electron chi connectivity index (χ1n) is 3.78. The van der Waals surface area contributed by atoms with Gasteiger partial charge in [0.1, 0.15) is 11.8 Å². The Hall–Kier alpha value is -1.55. The molecule has 1 atom stereocenters. The summed E-state index contributed by atoms with van der Waals surface area (Å²) >= 11 is 0. The molecule has 0 spiro atoms. The van der Waals surface area contributed by atoms with Gasteiger partial charge in [0.05, 0.1) is 0 Å². The Morgan fingerprint density at radius 2 is 1.92 bits per heavy atom. The minimum atomic E-state index is -1.38. The number of aromatic hydroxyl groups is 1. The summed E-state index contributed by atoms with van der Waals surface area (Å²) in [6.45, 7) is 0. The van der Waals surface area contributed by atoms with Crippen molar-refractivity contribution in [3.8, 4) is 5.75 Å². The van der Waals surface area contributed by atoms with Crippen LogP contribution in [0.4, 0.5) is 0 Å². The molecule has 0 aliphatic heterocycles. The summed E-state index contributed by atoms with van der Waals surface area (Å²) in [5.41, 5.74) is 9.66. The second-order valence-electron chi connectivity index (χ2n) is 2.72. The van der Waals surface area contributed by atoms with Crippen LogP contribution in [0.3, 0.4) is 0 Å². The normalized spacial score (nSPS) is 12.4. The van der Waals surface area contributed by atoms with Crippen LogP contribution in [0.25, 0.3) is 0 Å². The van der Waals surface area contributed by atoms with Gasteiger partial charge in [-0.1, -0.05) is 12.1 Å². The molecule has 4 nitrogen and oxygen atoms in total. The van der Waals surface area contributed by atoms with E-state index in [-0.39, 0.29) is 12.2 Å². The second-order valence-corrected chi connectivity index (χ2v) is 2.72. The topological polar surface area (TPSA) is 79.8 Å². The van der Waals surface area contributed by atoms with Crippen LogP contribution in [0.1, 0.15) is 5.56 Å². The van der Waals surface area contributed by atoms with E-state index in [9.17, 15) is 4.79 Å². The number of benzene rings is 1. The number of rotatable bonds is 3. The van der Waals surface area contributed by atoms with Gasteiger partial charge in [-0.2, -0.15) is 0 Å². The number of hydrogen-bond acceptors (Lipinski definition) is 2. The van der Waals surface area contributed by atoms with Gasteiger partial charge < -0.3 is 10.2 Å². The molecule has 0 saturated heterocycles. The van der Waals surface area contributed by atoms with E-state index in [4.69, 9.17) is 15.9 Å². The molecule has 1 aromatic rings. The van der Waals surface area contributed by atoms with Crippen molar-refractivity contribution in [1.82, 2.24) is 5.73 Å². The van der Waals surface area contributed by atoms with E-state index in [1.807, 2.05) is 0 Å². The van der Waals surface area contributed by atoms with Crippen LogP contribution in [0.2, 0.25) is 0 Å². The van der Waals surface area contributed by atoms with Gasteiger partial charge >= 0.3 is 5.97 Å². The van der Waals surface area contributed by atoms with Crippen LogP contribution in [-0.2, 0) is 11.2 Å². The van der Waals surface area contributed by atoms with Crippen LogP contribution in [0, 0.1) is 0 Å².